The molecule has 112 valence electrons. The Morgan fingerprint density at radius 2 is 2.25 bits per heavy atom. The van der Waals surface area contributed by atoms with E-state index in [1.54, 1.807) is 0 Å². The molecule has 8 heteroatoms. The van der Waals surface area contributed by atoms with E-state index in [1.165, 1.54) is 0 Å². The number of aromatic carboxylic acids is 1. The highest BCUT2D eigenvalue weighted by Crippen LogP contribution is 2.34. The quantitative estimate of drug-likeness (QED) is 0.756. The minimum absolute atomic E-state index is 0.158. The van der Waals surface area contributed by atoms with E-state index >= 15 is 0 Å². The lowest BCUT2D eigenvalue weighted by atomic mass is 9.94. The smallest absolute Gasteiger partial charge is 0.340 e. The van der Waals surface area contributed by atoms with Crippen LogP contribution in [-0.2, 0) is 10.0 Å². The summed E-state index contributed by atoms with van der Waals surface area (Å²) >= 11 is 0. The monoisotopic (exact) mass is 301 g/mol. The lowest BCUT2D eigenvalue weighted by Gasteiger charge is -2.20. The van der Waals surface area contributed by atoms with Crippen molar-refractivity contribution in [3.8, 4) is 0 Å². The van der Waals surface area contributed by atoms with Gasteiger partial charge in [-0.3, -0.25) is 5.10 Å². The Kier molecular flexibility index (Phi) is 4.14. The molecule has 0 aromatic carbocycles. The number of carboxylic acid groups (broad SMARTS) is 1. The van der Waals surface area contributed by atoms with Crippen LogP contribution < -0.4 is 4.72 Å². The number of hydrogen-bond acceptors (Lipinski definition) is 4. The highest BCUT2D eigenvalue weighted by atomic mass is 32.2. The van der Waals surface area contributed by atoms with Gasteiger partial charge in [-0.1, -0.05) is 20.3 Å². The van der Waals surface area contributed by atoms with Crippen molar-refractivity contribution in [3.63, 3.8) is 0 Å². The van der Waals surface area contributed by atoms with Crippen LogP contribution in [0.15, 0.2) is 11.2 Å². The van der Waals surface area contributed by atoms with Gasteiger partial charge in [-0.15, -0.1) is 0 Å². The van der Waals surface area contributed by atoms with E-state index in [-0.39, 0.29) is 22.5 Å². The Balaban J connectivity index is 2.20. The summed E-state index contributed by atoms with van der Waals surface area (Å²) in [4.78, 5) is 11.0. The number of sulfonamides is 1. The van der Waals surface area contributed by atoms with Gasteiger partial charge >= 0.3 is 5.97 Å². The van der Waals surface area contributed by atoms with Crippen molar-refractivity contribution in [1.29, 1.82) is 0 Å². The number of aromatic nitrogens is 2. The normalized spacial score (nSPS) is 26.8. The molecule has 1 aliphatic rings. The zero-order chi connectivity index (χ0) is 14.9. The second kappa shape index (κ2) is 5.53. The van der Waals surface area contributed by atoms with Gasteiger partial charge in [-0.2, -0.15) is 5.10 Å². The summed E-state index contributed by atoms with van der Waals surface area (Å²) < 4.78 is 27.1. The summed E-state index contributed by atoms with van der Waals surface area (Å²) in [5, 5.41) is 14.4. The highest BCUT2D eigenvalue weighted by Gasteiger charge is 2.36. The molecule has 0 spiro atoms. The summed E-state index contributed by atoms with van der Waals surface area (Å²) in [5.41, 5.74) is -0.338. The number of H-pyrrole nitrogens is 1. The largest absolute Gasteiger partial charge is 0.478 e. The molecule has 1 aromatic heterocycles. The van der Waals surface area contributed by atoms with Gasteiger partial charge < -0.3 is 5.11 Å². The molecular formula is C12H19N3O4S. The molecule has 20 heavy (non-hydrogen) atoms. The van der Waals surface area contributed by atoms with Crippen LogP contribution in [0, 0.1) is 11.8 Å². The second-order valence-corrected chi connectivity index (χ2v) is 6.90. The Morgan fingerprint density at radius 3 is 2.80 bits per heavy atom. The summed E-state index contributed by atoms with van der Waals surface area (Å²) in [6.45, 7) is 4.12. The molecule has 3 atom stereocenters. The first-order valence-electron chi connectivity index (χ1n) is 6.65. The maximum atomic E-state index is 12.3. The number of carboxylic acids is 1. The first-order chi connectivity index (χ1) is 9.36. The van der Waals surface area contributed by atoms with E-state index in [1.807, 2.05) is 6.92 Å². The molecule has 1 aromatic rings. The van der Waals surface area contributed by atoms with Crippen LogP contribution in [0.1, 0.15) is 43.5 Å². The molecule has 1 aliphatic carbocycles. The second-order valence-electron chi connectivity index (χ2n) is 5.25. The molecule has 1 saturated carbocycles. The van der Waals surface area contributed by atoms with Crippen molar-refractivity contribution in [3.05, 3.63) is 11.8 Å². The van der Waals surface area contributed by atoms with E-state index in [0.717, 1.165) is 25.5 Å². The van der Waals surface area contributed by atoms with Crippen LogP contribution in [0.25, 0.3) is 0 Å². The summed E-state index contributed by atoms with van der Waals surface area (Å²) in [6.07, 6.45) is 3.78. The standard InChI is InChI=1S/C12H19N3O4S/c1-3-8-4-5-10(7(8)2)15-20(18,19)11-9(12(16)17)6-13-14-11/h6-8,10,15H,3-5H2,1-2H3,(H,13,14)(H,16,17). The van der Waals surface area contributed by atoms with Gasteiger partial charge in [0, 0.05) is 6.04 Å². The zero-order valence-electron chi connectivity index (χ0n) is 11.5. The SMILES string of the molecule is CCC1CCC(NS(=O)(=O)c2[nH]ncc2C(=O)O)C1C. The van der Waals surface area contributed by atoms with E-state index in [9.17, 15) is 13.2 Å². The number of carbonyl (C=O) groups is 1. The van der Waals surface area contributed by atoms with E-state index in [4.69, 9.17) is 5.11 Å². The first-order valence-corrected chi connectivity index (χ1v) is 8.14. The fourth-order valence-electron chi connectivity index (χ4n) is 2.88. The van der Waals surface area contributed by atoms with Crippen molar-refractivity contribution in [2.24, 2.45) is 11.8 Å². The zero-order valence-corrected chi connectivity index (χ0v) is 12.3. The molecule has 7 nitrogen and oxygen atoms in total. The third-order valence-corrected chi connectivity index (χ3v) is 5.62. The molecule has 0 radical (unpaired) electrons. The first kappa shape index (κ1) is 15.0. The molecule has 0 bridgehead atoms. The summed E-state index contributed by atoms with van der Waals surface area (Å²) in [5.74, 6) is -0.570. The Bertz CT molecular complexity index is 596. The molecule has 2 rings (SSSR count). The van der Waals surface area contributed by atoms with E-state index in [2.05, 4.69) is 21.8 Å². The van der Waals surface area contributed by atoms with Crippen molar-refractivity contribution in [2.45, 2.75) is 44.2 Å². The molecule has 0 amide bonds. The predicted molar refractivity (Wildman–Crippen MR) is 71.8 cm³/mol. The molecule has 1 heterocycles. The summed E-state index contributed by atoms with van der Waals surface area (Å²) in [6, 6.07) is -0.158. The van der Waals surface area contributed by atoms with Crippen LogP contribution in [0.5, 0.6) is 0 Å². The maximum Gasteiger partial charge on any atom is 0.340 e. The number of rotatable bonds is 5. The van der Waals surface area contributed by atoms with Crippen molar-refractivity contribution >= 4 is 16.0 Å². The van der Waals surface area contributed by atoms with Gasteiger partial charge in [0.25, 0.3) is 10.0 Å². The average molecular weight is 301 g/mol. The van der Waals surface area contributed by atoms with Gasteiger partial charge in [0.2, 0.25) is 0 Å². The van der Waals surface area contributed by atoms with Crippen molar-refractivity contribution < 1.29 is 18.3 Å². The van der Waals surface area contributed by atoms with Crippen LogP contribution in [0.3, 0.4) is 0 Å². The van der Waals surface area contributed by atoms with Gasteiger partial charge in [0.05, 0.1) is 6.20 Å². The van der Waals surface area contributed by atoms with Crippen molar-refractivity contribution in [1.82, 2.24) is 14.9 Å². The van der Waals surface area contributed by atoms with E-state index < -0.39 is 16.0 Å². The minimum Gasteiger partial charge on any atom is -0.478 e. The fraction of sp³-hybridized carbons (Fsp3) is 0.667. The number of nitrogens with zero attached hydrogens (tertiary/aromatic N) is 1. The molecule has 0 aliphatic heterocycles. The third-order valence-electron chi connectivity index (χ3n) is 4.16. The lowest BCUT2D eigenvalue weighted by molar-refractivity contribution is 0.0692. The van der Waals surface area contributed by atoms with Gasteiger partial charge in [0.1, 0.15) is 5.56 Å². The molecule has 3 N–H and O–H groups in total. The Morgan fingerprint density at radius 1 is 1.55 bits per heavy atom. The van der Waals surface area contributed by atoms with E-state index in [0.29, 0.717) is 5.92 Å². The van der Waals surface area contributed by atoms with Crippen LogP contribution in [0.2, 0.25) is 0 Å². The van der Waals surface area contributed by atoms with Crippen LogP contribution in [0.4, 0.5) is 0 Å². The number of hydrogen-bond donors (Lipinski definition) is 3. The summed E-state index contributed by atoms with van der Waals surface area (Å²) in [7, 11) is -3.89. The van der Waals surface area contributed by atoms with Crippen LogP contribution >= 0.6 is 0 Å². The molecular weight excluding hydrogens is 282 g/mol. The average Bonchev–Trinajstić information content (AvgIpc) is 2.98. The van der Waals surface area contributed by atoms with Gasteiger partial charge in [-0.25, -0.2) is 17.9 Å². The Hall–Kier alpha value is -1.41. The number of nitrogens with one attached hydrogen (secondary N) is 2. The Labute approximate surface area is 117 Å². The minimum atomic E-state index is -3.89. The molecule has 1 fully saturated rings. The fourth-order valence-corrected chi connectivity index (χ4v) is 4.33. The predicted octanol–water partition coefficient (Wildman–Crippen LogP) is 1.21. The van der Waals surface area contributed by atoms with Crippen LogP contribution in [-0.4, -0.2) is 35.7 Å². The highest BCUT2D eigenvalue weighted by molar-refractivity contribution is 7.89. The maximum absolute atomic E-state index is 12.3. The number of aromatic amines is 1. The third kappa shape index (κ3) is 2.71. The molecule has 3 unspecified atom stereocenters. The lowest BCUT2D eigenvalue weighted by Crippen LogP contribution is -2.38. The molecule has 0 saturated heterocycles. The topological polar surface area (TPSA) is 112 Å². The van der Waals surface area contributed by atoms with Gasteiger partial charge in [-0.05, 0) is 24.7 Å². The van der Waals surface area contributed by atoms with Crippen molar-refractivity contribution in [2.75, 3.05) is 0 Å². The van der Waals surface area contributed by atoms with Gasteiger partial charge in [0.15, 0.2) is 5.03 Å².